The minimum absolute atomic E-state index is 0.0960. The number of pyridine rings is 1. The first-order chi connectivity index (χ1) is 16.7. The lowest BCUT2D eigenvalue weighted by Gasteiger charge is -2.38. The topological polar surface area (TPSA) is 100 Å². The van der Waals surface area contributed by atoms with Gasteiger partial charge in [-0.3, -0.25) is 9.78 Å². The Balaban J connectivity index is 1.29. The quantitative estimate of drug-likeness (QED) is 0.481. The third-order valence-corrected chi connectivity index (χ3v) is 8.72. The van der Waals surface area contributed by atoms with Crippen molar-refractivity contribution in [3.63, 3.8) is 0 Å². The van der Waals surface area contributed by atoms with Crippen LogP contribution in [0.1, 0.15) is 24.0 Å². The standard InChI is InChI=1S/C26H31N3O5S/c1-20-9-10-21-6-3-4-8-23(21)25(20)35(32,33)28(2)16-17-34-19-24(30)29-14-11-26(31,12-15-29)22-7-5-13-27-18-22/h3-10,13,18,31H,11-12,14-17,19H2,1-2H3. The molecule has 1 aliphatic heterocycles. The van der Waals surface area contributed by atoms with E-state index in [2.05, 4.69) is 4.98 Å². The van der Waals surface area contributed by atoms with Gasteiger partial charge in [0.2, 0.25) is 15.9 Å². The molecule has 1 aliphatic rings. The van der Waals surface area contributed by atoms with Crippen molar-refractivity contribution in [3.05, 3.63) is 72.1 Å². The summed E-state index contributed by atoms with van der Waals surface area (Å²) >= 11 is 0. The molecule has 1 fully saturated rings. The van der Waals surface area contributed by atoms with Gasteiger partial charge in [0.05, 0.1) is 17.1 Å². The Morgan fingerprint density at radius 3 is 2.60 bits per heavy atom. The minimum Gasteiger partial charge on any atom is -0.385 e. The van der Waals surface area contributed by atoms with Crippen LogP contribution in [0.2, 0.25) is 0 Å². The van der Waals surface area contributed by atoms with E-state index in [-0.39, 0.29) is 25.7 Å². The summed E-state index contributed by atoms with van der Waals surface area (Å²) in [5, 5.41) is 12.5. The molecule has 0 saturated carbocycles. The van der Waals surface area contributed by atoms with Crippen molar-refractivity contribution in [1.29, 1.82) is 0 Å². The number of amides is 1. The van der Waals surface area contributed by atoms with Crippen LogP contribution >= 0.6 is 0 Å². The molecule has 1 saturated heterocycles. The predicted molar refractivity (Wildman–Crippen MR) is 133 cm³/mol. The van der Waals surface area contributed by atoms with Gasteiger partial charge in [0.25, 0.3) is 0 Å². The third-order valence-electron chi connectivity index (χ3n) is 6.66. The summed E-state index contributed by atoms with van der Waals surface area (Å²) in [6.07, 6.45) is 4.17. The van der Waals surface area contributed by atoms with Gasteiger partial charge in [-0.15, -0.1) is 0 Å². The number of ether oxygens (including phenoxy) is 1. The Morgan fingerprint density at radius 1 is 1.14 bits per heavy atom. The number of likely N-dealkylation sites (N-methyl/N-ethyl adjacent to an activating group) is 1. The first kappa shape index (κ1) is 25.2. The highest BCUT2D eigenvalue weighted by atomic mass is 32.2. The van der Waals surface area contributed by atoms with Gasteiger partial charge >= 0.3 is 0 Å². The molecule has 0 unspecified atom stereocenters. The molecule has 0 radical (unpaired) electrons. The number of hydrogen-bond donors (Lipinski definition) is 1. The zero-order valence-electron chi connectivity index (χ0n) is 20.1. The molecule has 0 bridgehead atoms. The Kier molecular flexibility index (Phi) is 7.51. The fraction of sp³-hybridized carbons (Fsp3) is 0.385. The van der Waals surface area contributed by atoms with Gasteiger partial charge in [0.1, 0.15) is 6.61 Å². The van der Waals surface area contributed by atoms with Crippen LogP contribution in [-0.2, 0) is 25.2 Å². The summed E-state index contributed by atoms with van der Waals surface area (Å²) < 4.78 is 33.4. The number of carbonyl (C=O) groups excluding carboxylic acids is 1. The van der Waals surface area contributed by atoms with Gasteiger partial charge in [0.15, 0.2) is 0 Å². The summed E-state index contributed by atoms with van der Waals surface area (Å²) in [4.78, 5) is 18.6. The zero-order chi connectivity index (χ0) is 25.1. The van der Waals surface area contributed by atoms with Crippen molar-refractivity contribution in [2.75, 3.05) is 39.9 Å². The fourth-order valence-electron chi connectivity index (χ4n) is 4.47. The van der Waals surface area contributed by atoms with Crippen molar-refractivity contribution in [2.45, 2.75) is 30.3 Å². The van der Waals surface area contributed by atoms with Crippen molar-refractivity contribution >= 4 is 26.7 Å². The number of rotatable bonds is 8. The number of piperidine rings is 1. The Hall–Kier alpha value is -2.85. The molecular weight excluding hydrogens is 466 g/mol. The molecule has 0 spiro atoms. The predicted octanol–water partition coefficient (Wildman–Crippen LogP) is 2.69. The van der Waals surface area contributed by atoms with Gasteiger partial charge < -0.3 is 14.7 Å². The maximum absolute atomic E-state index is 13.3. The van der Waals surface area contributed by atoms with Gasteiger partial charge in [-0.2, -0.15) is 4.31 Å². The number of aliphatic hydroxyl groups is 1. The van der Waals surface area contributed by atoms with E-state index in [1.54, 1.807) is 30.3 Å². The Bertz CT molecular complexity index is 1290. The van der Waals surface area contributed by atoms with Crippen molar-refractivity contribution < 1.29 is 23.1 Å². The summed E-state index contributed by atoms with van der Waals surface area (Å²) in [5.74, 6) is -0.173. The highest BCUT2D eigenvalue weighted by molar-refractivity contribution is 7.89. The highest BCUT2D eigenvalue weighted by Crippen LogP contribution is 2.32. The SMILES string of the molecule is Cc1ccc2ccccc2c1S(=O)(=O)N(C)CCOCC(=O)N1CCC(O)(c2cccnc2)CC1. The number of aromatic nitrogens is 1. The van der Waals surface area contributed by atoms with Crippen LogP contribution in [-0.4, -0.2) is 73.5 Å². The number of likely N-dealkylation sites (tertiary alicyclic amines) is 1. The number of fused-ring (bicyclic) bond motifs is 1. The maximum Gasteiger partial charge on any atom is 0.248 e. The lowest BCUT2D eigenvalue weighted by Crippen LogP contribution is -2.46. The zero-order valence-corrected chi connectivity index (χ0v) is 20.9. The third kappa shape index (κ3) is 5.38. The highest BCUT2D eigenvalue weighted by Gasteiger charge is 2.35. The van der Waals surface area contributed by atoms with E-state index in [1.165, 1.54) is 11.4 Å². The number of carbonyl (C=O) groups is 1. The van der Waals surface area contributed by atoms with E-state index in [1.807, 2.05) is 42.5 Å². The van der Waals surface area contributed by atoms with E-state index >= 15 is 0 Å². The van der Waals surface area contributed by atoms with Crippen molar-refractivity contribution in [3.8, 4) is 0 Å². The van der Waals surface area contributed by atoms with Gasteiger partial charge in [-0.25, -0.2) is 8.42 Å². The second kappa shape index (κ2) is 10.4. The van der Waals surface area contributed by atoms with Crippen LogP contribution in [0.4, 0.5) is 0 Å². The molecule has 9 heteroatoms. The second-order valence-electron chi connectivity index (χ2n) is 8.97. The van der Waals surface area contributed by atoms with Gasteiger partial charge in [-0.05, 0) is 36.8 Å². The average Bonchev–Trinajstić information content (AvgIpc) is 2.87. The van der Waals surface area contributed by atoms with Crippen LogP contribution in [0, 0.1) is 6.92 Å². The van der Waals surface area contributed by atoms with E-state index in [4.69, 9.17) is 4.74 Å². The van der Waals surface area contributed by atoms with Crippen LogP contribution < -0.4 is 0 Å². The number of hydrogen-bond acceptors (Lipinski definition) is 6. The van der Waals surface area contributed by atoms with E-state index in [0.717, 1.165) is 10.9 Å². The Morgan fingerprint density at radius 2 is 1.89 bits per heavy atom. The molecule has 0 aliphatic carbocycles. The molecular formula is C26H31N3O5S. The van der Waals surface area contributed by atoms with Gasteiger partial charge in [-0.1, -0.05) is 42.5 Å². The van der Waals surface area contributed by atoms with Gasteiger partial charge in [0, 0.05) is 50.0 Å². The molecule has 35 heavy (non-hydrogen) atoms. The summed E-state index contributed by atoms with van der Waals surface area (Å²) in [6, 6.07) is 14.8. The number of benzene rings is 2. The second-order valence-corrected chi connectivity index (χ2v) is 10.9. The number of nitrogens with zero attached hydrogens (tertiary/aromatic N) is 3. The first-order valence-corrected chi connectivity index (χ1v) is 13.1. The molecule has 186 valence electrons. The van der Waals surface area contributed by atoms with Crippen LogP contribution in [0.5, 0.6) is 0 Å². The molecule has 1 amide bonds. The number of aryl methyl sites for hydroxylation is 1. The first-order valence-electron chi connectivity index (χ1n) is 11.7. The van der Waals surface area contributed by atoms with Crippen LogP contribution in [0.25, 0.3) is 10.8 Å². The summed E-state index contributed by atoms with van der Waals surface area (Å²) in [5.41, 5.74) is 0.458. The average molecular weight is 498 g/mol. The molecule has 2 aromatic carbocycles. The molecule has 0 atom stereocenters. The molecule has 4 rings (SSSR count). The monoisotopic (exact) mass is 497 g/mol. The molecule has 2 heterocycles. The molecule has 1 aromatic heterocycles. The van der Waals surface area contributed by atoms with E-state index < -0.39 is 15.6 Å². The van der Waals surface area contributed by atoms with E-state index in [9.17, 15) is 18.3 Å². The van der Waals surface area contributed by atoms with Crippen LogP contribution in [0.3, 0.4) is 0 Å². The fourth-order valence-corrected chi connectivity index (χ4v) is 6.03. The normalized spacial score (nSPS) is 16.1. The summed E-state index contributed by atoms with van der Waals surface area (Å²) in [7, 11) is -2.21. The largest absolute Gasteiger partial charge is 0.385 e. The number of sulfonamides is 1. The lowest BCUT2D eigenvalue weighted by molar-refractivity contribution is -0.140. The van der Waals surface area contributed by atoms with Crippen LogP contribution in [0.15, 0.2) is 65.8 Å². The van der Waals surface area contributed by atoms with E-state index in [0.29, 0.717) is 41.8 Å². The maximum atomic E-state index is 13.3. The summed E-state index contributed by atoms with van der Waals surface area (Å²) in [6.45, 7) is 2.71. The lowest BCUT2D eigenvalue weighted by atomic mass is 9.85. The molecule has 3 aromatic rings. The van der Waals surface area contributed by atoms with Crippen molar-refractivity contribution in [1.82, 2.24) is 14.2 Å². The smallest absolute Gasteiger partial charge is 0.248 e. The molecule has 8 nitrogen and oxygen atoms in total. The Labute approximate surface area is 206 Å². The minimum atomic E-state index is -3.73. The molecule has 1 N–H and O–H groups in total. The van der Waals surface area contributed by atoms with Crippen molar-refractivity contribution in [2.24, 2.45) is 0 Å².